The maximum atomic E-state index is 10.9. The van der Waals surface area contributed by atoms with Gasteiger partial charge in [0.15, 0.2) is 0 Å². The number of phenols is 2. The van der Waals surface area contributed by atoms with Gasteiger partial charge in [0.1, 0.15) is 11.5 Å². The Kier molecular flexibility index (Phi) is 20.8. The van der Waals surface area contributed by atoms with Gasteiger partial charge in [0.05, 0.1) is 12.1 Å². The molecule has 0 aliphatic heterocycles. The Bertz CT molecular complexity index is 1180. The fourth-order valence-corrected chi connectivity index (χ4v) is 5.19. The van der Waals surface area contributed by atoms with Crippen LogP contribution in [0.3, 0.4) is 0 Å². The Labute approximate surface area is 286 Å². The van der Waals surface area contributed by atoms with Gasteiger partial charge in [-0.1, -0.05) is 66.5 Å². The standard InChI is InChI=1S/C33H48N2O2.2C2H4O2.Co/c1-7-9-11-24-15-26(32(36)30(17-24)22(3)4)20-34-28-13-14-29(19-28)35-21-27-16-25(12-10-8-2)18-31(23(5)6)33(27)37;2*1-2(3)4;/h15-18,20-23,28-29,36-37H,7-14,19H2,1-6H3;2*1H3,(H,3,4);/q;;;+2/p-2. The van der Waals surface area contributed by atoms with Crippen LogP contribution < -0.4 is 10.2 Å². The van der Waals surface area contributed by atoms with Gasteiger partial charge in [-0.05, 0) is 105 Å². The number of carboxylic acid groups (broad SMARTS) is 2. The molecule has 257 valence electrons. The van der Waals surface area contributed by atoms with Crippen molar-refractivity contribution in [1.29, 1.82) is 0 Å². The first-order valence-electron chi connectivity index (χ1n) is 16.3. The number of nitrogens with zero attached hydrogens (tertiary/aromatic N) is 2. The second kappa shape index (κ2) is 22.4. The van der Waals surface area contributed by atoms with E-state index in [1.165, 1.54) is 11.1 Å². The van der Waals surface area contributed by atoms with Crippen LogP contribution in [0.1, 0.15) is 146 Å². The molecule has 2 N–H and O–H groups in total. The predicted molar refractivity (Wildman–Crippen MR) is 180 cm³/mol. The van der Waals surface area contributed by atoms with Crippen molar-refractivity contribution in [3.05, 3.63) is 57.6 Å². The molecule has 2 aromatic carbocycles. The molecule has 2 unspecified atom stereocenters. The van der Waals surface area contributed by atoms with Gasteiger partial charge < -0.3 is 30.0 Å². The molecule has 0 aromatic heterocycles. The van der Waals surface area contributed by atoms with E-state index < -0.39 is 11.9 Å². The Balaban J connectivity index is 0.00000201. The summed E-state index contributed by atoms with van der Waals surface area (Å²) in [7, 11) is 0. The smallest absolute Gasteiger partial charge is 0.550 e. The number of carbonyl (C=O) groups is 2. The SMILES string of the molecule is CC(=O)[O-].CC(=O)[O-].CCCCc1cc(C=NC2CCC(N=Cc3cc(CCCC)cc(C(C)C)c3O)C2)c(O)c(C(C)C)c1.[Co+2]. The molecule has 1 fully saturated rings. The summed E-state index contributed by atoms with van der Waals surface area (Å²) in [6.07, 6.45) is 13.3. The van der Waals surface area contributed by atoms with E-state index >= 15 is 0 Å². The first kappa shape index (κ1) is 42.8. The summed E-state index contributed by atoms with van der Waals surface area (Å²) in [5, 5.41) is 39.5. The van der Waals surface area contributed by atoms with Crippen molar-refractivity contribution in [2.75, 3.05) is 0 Å². The van der Waals surface area contributed by atoms with E-state index in [1.807, 2.05) is 12.4 Å². The maximum absolute atomic E-state index is 10.9. The van der Waals surface area contributed by atoms with Crippen LogP contribution >= 0.6 is 0 Å². The van der Waals surface area contributed by atoms with Crippen LogP contribution in [0, 0.1) is 0 Å². The minimum absolute atomic E-state index is 0. The Morgan fingerprint density at radius 1 is 0.761 bits per heavy atom. The average molecular weight is 682 g/mol. The number of aryl methyl sites for hydroxylation is 2. The fourth-order valence-electron chi connectivity index (χ4n) is 5.19. The molecular weight excluding hydrogens is 627 g/mol. The normalized spacial score (nSPS) is 15.8. The van der Waals surface area contributed by atoms with E-state index in [-0.39, 0.29) is 40.7 Å². The van der Waals surface area contributed by atoms with Crippen LogP contribution in [-0.2, 0) is 39.2 Å². The molecule has 2 atom stereocenters. The van der Waals surface area contributed by atoms with Gasteiger partial charge in [-0.15, -0.1) is 0 Å². The summed E-state index contributed by atoms with van der Waals surface area (Å²) >= 11 is 0. The molecule has 0 heterocycles. The molecule has 0 amide bonds. The number of hydrogen-bond donors (Lipinski definition) is 2. The molecule has 1 aliphatic rings. The van der Waals surface area contributed by atoms with Crippen molar-refractivity contribution in [3.63, 3.8) is 0 Å². The summed E-state index contributed by atoms with van der Waals surface area (Å²) in [5.41, 5.74) is 6.23. The van der Waals surface area contributed by atoms with Crippen LogP contribution in [0.15, 0.2) is 34.3 Å². The Morgan fingerprint density at radius 2 is 1.09 bits per heavy atom. The summed E-state index contributed by atoms with van der Waals surface area (Å²) in [6, 6.07) is 8.94. The number of carboxylic acids is 2. The minimum Gasteiger partial charge on any atom is -0.550 e. The number of carbonyl (C=O) groups excluding carboxylic acids is 2. The van der Waals surface area contributed by atoms with Gasteiger partial charge in [-0.3, -0.25) is 9.98 Å². The van der Waals surface area contributed by atoms with E-state index in [4.69, 9.17) is 29.8 Å². The number of benzene rings is 2. The fraction of sp³-hybridized carbons (Fsp3) is 0.568. The van der Waals surface area contributed by atoms with E-state index in [0.29, 0.717) is 11.5 Å². The van der Waals surface area contributed by atoms with E-state index in [2.05, 4.69) is 65.8 Å². The molecule has 3 rings (SSSR count). The zero-order chi connectivity index (χ0) is 34.1. The van der Waals surface area contributed by atoms with Crippen molar-refractivity contribution in [3.8, 4) is 11.5 Å². The molecule has 2 aromatic rings. The van der Waals surface area contributed by atoms with Crippen LogP contribution in [0.5, 0.6) is 11.5 Å². The zero-order valence-corrected chi connectivity index (χ0v) is 29.9. The quantitative estimate of drug-likeness (QED) is 0.263. The number of phenolic OH excluding ortho intramolecular Hbond substituents is 2. The molecule has 1 radical (unpaired) electrons. The van der Waals surface area contributed by atoms with E-state index in [0.717, 1.165) is 93.9 Å². The largest absolute Gasteiger partial charge is 2.00 e. The molecule has 0 spiro atoms. The topological polar surface area (TPSA) is 145 Å². The number of hydrogen-bond acceptors (Lipinski definition) is 8. The summed E-state index contributed by atoms with van der Waals surface area (Å²) < 4.78 is 0. The number of aliphatic imine (C=N–C) groups is 2. The van der Waals surface area contributed by atoms with Crippen molar-refractivity contribution in [1.82, 2.24) is 0 Å². The van der Waals surface area contributed by atoms with Gasteiger partial charge in [0.25, 0.3) is 0 Å². The number of aliphatic carboxylic acids is 2. The van der Waals surface area contributed by atoms with Gasteiger partial charge in [-0.2, -0.15) is 0 Å². The molecule has 46 heavy (non-hydrogen) atoms. The predicted octanol–water partition coefficient (Wildman–Crippen LogP) is 6.00. The molecule has 8 nitrogen and oxygen atoms in total. The third kappa shape index (κ3) is 15.9. The van der Waals surface area contributed by atoms with Crippen LogP contribution in [0.4, 0.5) is 0 Å². The van der Waals surface area contributed by atoms with E-state index in [9.17, 15) is 10.2 Å². The summed E-state index contributed by atoms with van der Waals surface area (Å²) in [5.74, 6) is -0.893. The van der Waals surface area contributed by atoms with E-state index in [1.54, 1.807) is 0 Å². The van der Waals surface area contributed by atoms with Crippen molar-refractivity contribution in [2.45, 2.75) is 137 Å². The first-order valence-corrected chi connectivity index (χ1v) is 16.3. The van der Waals surface area contributed by atoms with Crippen LogP contribution in [-0.4, -0.2) is 46.7 Å². The number of rotatable bonds is 12. The van der Waals surface area contributed by atoms with Crippen molar-refractivity contribution >= 4 is 24.4 Å². The van der Waals surface area contributed by atoms with Gasteiger partial charge >= 0.3 is 16.8 Å². The molecule has 0 saturated heterocycles. The summed E-state index contributed by atoms with van der Waals surface area (Å²) in [6.45, 7) is 14.9. The molecule has 1 aliphatic carbocycles. The molecule has 9 heteroatoms. The second-order valence-corrected chi connectivity index (χ2v) is 12.4. The van der Waals surface area contributed by atoms with Gasteiger partial charge in [0, 0.05) is 35.5 Å². The van der Waals surface area contributed by atoms with Crippen molar-refractivity contribution < 1.29 is 46.8 Å². The maximum Gasteiger partial charge on any atom is 2.00 e. The zero-order valence-electron chi connectivity index (χ0n) is 28.9. The Hall–Kier alpha value is -3.17. The second-order valence-electron chi connectivity index (χ2n) is 12.4. The first-order chi connectivity index (χ1) is 21.2. The average Bonchev–Trinajstić information content (AvgIpc) is 3.41. The Morgan fingerprint density at radius 3 is 1.37 bits per heavy atom. The number of aromatic hydroxyl groups is 2. The molecule has 1 saturated carbocycles. The summed E-state index contributed by atoms with van der Waals surface area (Å²) in [4.78, 5) is 27.5. The van der Waals surface area contributed by atoms with Crippen LogP contribution in [0.25, 0.3) is 0 Å². The third-order valence-electron chi connectivity index (χ3n) is 7.57. The van der Waals surface area contributed by atoms with Crippen molar-refractivity contribution in [2.24, 2.45) is 9.98 Å². The van der Waals surface area contributed by atoms with Crippen LogP contribution in [0.2, 0.25) is 0 Å². The molecule has 0 bridgehead atoms. The van der Waals surface area contributed by atoms with Gasteiger partial charge in [0.2, 0.25) is 0 Å². The third-order valence-corrected chi connectivity index (χ3v) is 7.57. The minimum atomic E-state index is -1.08. The monoisotopic (exact) mass is 681 g/mol. The van der Waals surface area contributed by atoms with Gasteiger partial charge in [-0.25, -0.2) is 0 Å². The number of unbranched alkanes of at least 4 members (excludes halogenated alkanes) is 2. The molecular formula is C37H54CoN2O6.